The van der Waals surface area contributed by atoms with Crippen LogP contribution in [0.3, 0.4) is 0 Å². The van der Waals surface area contributed by atoms with Crippen LogP contribution in [0.2, 0.25) is 0 Å². The van der Waals surface area contributed by atoms with E-state index < -0.39 is 0 Å². The number of hydrogen-bond donors (Lipinski definition) is 0. The van der Waals surface area contributed by atoms with Crippen LogP contribution in [0.4, 0.5) is 0 Å². The van der Waals surface area contributed by atoms with Gasteiger partial charge in [0.15, 0.2) is 6.61 Å². The van der Waals surface area contributed by atoms with Gasteiger partial charge in [0.05, 0.1) is 5.56 Å². The van der Waals surface area contributed by atoms with Crippen molar-refractivity contribution in [2.45, 2.75) is 6.61 Å². The lowest BCUT2D eigenvalue weighted by Crippen LogP contribution is -1.97. The molecule has 0 fully saturated rings. The van der Waals surface area contributed by atoms with Crippen molar-refractivity contribution in [3.8, 4) is 23.4 Å². The number of para-hydroxylation sites is 1. The third kappa shape index (κ3) is 2.77. The number of nitrogens with zero attached hydrogens (tertiary/aromatic N) is 4. The average molecular weight is 280 g/mol. The summed E-state index contributed by atoms with van der Waals surface area (Å²) in [5.74, 6) is 1.56. The zero-order valence-corrected chi connectivity index (χ0v) is 11.4. The van der Waals surface area contributed by atoms with Crippen LogP contribution in [0.25, 0.3) is 11.6 Å². The summed E-state index contributed by atoms with van der Waals surface area (Å²) in [6.07, 6.45) is 1.71. The molecule has 0 atom stereocenters. The smallest absolute Gasteiger partial charge is 0.274 e. The minimum Gasteiger partial charge on any atom is -0.485 e. The maximum absolute atomic E-state index is 8.89. The molecule has 0 unspecified atom stereocenters. The minimum absolute atomic E-state index is 0.225. The molecule has 3 aromatic rings. The van der Waals surface area contributed by atoms with E-state index in [0.29, 0.717) is 23.0 Å². The molecular weight excluding hydrogens is 268 g/mol. The van der Waals surface area contributed by atoms with Crippen LogP contribution in [0.5, 0.6) is 5.75 Å². The molecule has 6 nitrogen and oxygen atoms in total. The fourth-order valence-electron chi connectivity index (χ4n) is 1.92. The first kappa shape index (κ1) is 12.9. The first-order chi connectivity index (χ1) is 10.3. The summed E-state index contributed by atoms with van der Waals surface area (Å²) in [7, 11) is 1.82. The van der Waals surface area contributed by atoms with Crippen LogP contribution >= 0.6 is 0 Å². The number of ether oxygens (including phenoxy) is 1. The van der Waals surface area contributed by atoms with Gasteiger partial charge in [0, 0.05) is 13.2 Å². The molecule has 2 aromatic heterocycles. The first-order valence-electron chi connectivity index (χ1n) is 6.33. The Morgan fingerprint density at radius 2 is 2.14 bits per heavy atom. The molecule has 104 valence electrons. The molecule has 0 saturated carbocycles. The molecule has 0 radical (unpaired) electrons. The maximum Gasteiger partial charge on any atom is 0.274 e. The average Bonchev–Trinajstić information content (AvgIpc) is 3.12. The summed E-state index contributed by atoms with van der Waals surface area (Å²) in [6, 6.07) is 13.2. The molecule has 0 aliphatic carbocycles. The van der Waals surface area contributed by atoms with Gasteiger partial charge in [-0.1, -0.05) is 23.4 Å². The van der Waals surface area contributed by atoms with E-state index >= 15 is 0 Å². The number of nitriles is 1. The van der Waals surface area contributed by atoms with Crippen molar-refractivity contribution >= 4 is 0 Å². The summed E-state index contributed by atoms with van der Waals surface area (Å²) in [6.45, 7) is 0.225. The Labute approximate surface area is 121 Å². The summed E-state index contributed by atoms with van der Waals surface area (Å²) >= 11 is 0. The van der Waals surface area contributed by atoms with Crippen LogP contribution in [-0.2, 0) is 13.7 Å². The van der Waals surface area contributed by atoms with Crippen molar-refractivity contribution in [1.82, 2.24) is 14.7 Å². The Morgan fingerprint density at radius 3 is 2.86 bits per heavy atom. The van der Waals surface area contributed by atoms with E-state index in [1.54, 1.807) is 16.8 Å². The van der Waals surface area contributed by atoms with Crippen LogP contribution < -0.4 is 4.74 Å². The lowest BCUT2D eigenvalue weighted by atomic mass is 10.3. The number of benzene rings is 1. The molecule has 3 rings (SSSR count). The van der Waals surface area contributed by atoms with E-state index in [2.05, 4.69) is 16.2 Å². The molecule has 6 heteroatoms. The Bertz CT molecular complexity index is 784. The van der Waals surface area contributed by atoms with E-state index in [-0.39, 0.29) is 6.61 Å². The molecule has 21 heavy (non-hydrogen) atoms. The van der Waals surface area contributed by atoms with E-state index in [9.17, 15) is 0 Å². The minimum atomic E-state index is 0.225. The predicted octanol–water partition coefficient (Wildman–Crippen LogP) is 2.53. The zero-order chi connectivity index (χ0) is 14.7. The molecule has 0 bridgehead atoms. The van der Waals surface area contributed by atoms with Gasteiger partial charge in [-0.05, 0) is 18.2 Å². The number of rotatable bonds is 4. The maximum atomic E-state index is 8.89. The molecule has 2 heterocycles. The Balaban J connectivity index is 1.74. The highest BCUT2D eigenvalue weighted by Crippen LogP contribution is 2.20. The van der Waals surface area contributed by atoms with Gasteiger partial charge in [0.25, 0.3) is 5.89 Å². The first-order valence-corrected chi connectivity index (χ1v) is 6.33. The lowest BCUT2D eigenvalue weighted by Gasteiger charge is -2.01. The highest BCUT2D eigenvalue weighted by atomic mass is 16.5. The number of aryl methyl sites for hydroxylation is 1. The highest BCUT2D eigenvalue weighted by molar-refractivity contribution is 5.52. The second kappa shape index (κ2) is 5.51. The largest absolute Gasteiger partial charge is 0.485 e. The Kier molecular flexibility index (Phi) is 3.39. The van der Waals surface area contributed by atoms with Crippen molar-refractivity contribution in [3.63, 3.8) is 0 Å². The second-order valence-electron chi connectivity index (χ2n) is 4.45. The van der Waals surface area contributed by atoms with Crippen molar-refractivity contribution in [1.29, 1.82) is 5.26 Å². The van der Waals surface area contributed by atoms with Gasteiger partial charge in [-0.15, -0.1) is 0 Å². The van der Waals surface area contributed by atoms with E-state index in [4.69, 9.17) is 14.5 Å². The Hall–Kier alpha value is -3.07. The molecule has 1 aromatic carbocycles. The molecule has 0 aliphatic heterocycles. The van der Waals surface area contributed by atoms with Crippen molar-refractivity contribution < 1.29 is 9.26 Å². The fourth-order valence-corrected chi connectivity index (χ4v) is 1.92. The van der Waals surface area contributed by atoms with Crippen molar-refractivity contribution in [2.24, 2.45) is 7.05 Å². The third-order valence-corrected chi connectivity index (χ3v) is 2.93. The predicted molar refractivity (Wildman–Crippen MR) is 74.2 cm³/mol. The van der Waals surface area contributed by atoms with Gasteiger partial charge in [-0.25, -0.2) is 0 Å². The van der Waals surface area contributed by atoms with Gasteiger partial charge in [-0.3, -0.25) is 0 Å². The van der Waals surface area contributed by atoms with Crippen LogP contribution in [0.15, 0.2) is 47.1 Å². The van der Waals surface area contributed by atoms with E-state index in [1.165, 1.54) is 0 Å². The van der Waals surface area contributed by atoms with Crippen molar-refractivity contribution in [3.05, 3.63) is 54.0 Å². The molecule has 0 amide bonds. The van der Waals surface area contributed by atoms with Crippen LogP contribution in [0, 0.1) is 11.3 Å². The number of hydrogen-bond acceptors (Lipinski definition) is 5. The van der Waals surface area contributed by atoms with Gasteiger partial charge < -0.3 is 13.8 Å². The summed E-state index contributed by atoms with van der Waals surface area (Å²) < 4.78 is 12.5. The summed E-state index contributed by atoms with van der Waals surface area (Å²) in [5.41, 5.74) is 1.25. The van der Waals surface area contributed by atoms with Crippen LogP contribution in [0.1, 0.15) is 11.4 Å². The highest BCUT2D eigenvalue weighted by Gasteiger charge is 2.13. The Morgan fingerprint density at radius 1 is 1.33 bits per heavy atom. The lowest BCUT2D eigenvalue weighted by molar-refractivity contribution is 0.287. The number of aromatic nitrogens is 3. The van der Waals surface area contributed by atoms with Gasteiger partial charge in [0.2, 0.25) is 5.82 Å². The fraction of sp³-hybridized carbons (Fsp3) is 0.133. The molecule has 0 spiro atoms. The van der Waals surface area contributed by atoms with E-state index in [0.717, 1.165) is 5.75 Å². The van der Waals surface area contributed by atoms with E-state index in [1.807, 2.05) is 37.4 Å². The SMILES string of the molecule is Cn1cc(C#N)cc1-c1nc(COc2ccccc2)no1. The standard InChI is InChI=1S/C15H12N4O2/c1-19-9-11(8-16)7-13(19)15-17-14(18-21-15)10-20-12-5-3-2-4-6-12/h2-7,9H,10H2,1H3. The molecular formula is C15H12N4O2. The topological polar surface area (TPSA) is 76.9 Å². The quantitative estimate of drug-likeness (QED) is 0.734. The molecule has 0 saturated heterocycles. The van der Waals surface area contributed by atoms with Gasteiger partial charge in [0.1, 0.15) is 17.5 Å². The summed E-state index contributed by atoms with van der Waals surface area (Å²) in [4.78, 5) is 4.27. The molecule has 0 N–H and O–H groups in total. The van der Waals surface area contributed by atoms with Crippen molar-refractivity contribution in [2.75, 3.05) is 0 Å². The second-order valence-corrected chi connectivity index (χ2v) is 4.45. The van der Waals surface area contributed by atoms with Gasteiger partial charge >= 0.3 is 0 Å². The van der Waals surface area contributed by atoms with Crippen LogP contribution in [-0.4, -0.2) is 14.7 Å². The summed E-state index contributed by atoms with van der Waals surface area (Å²) in [5, 5.41) is 12.8. The normalized spacial score (nSPS) is 10.3. The monoisotopic (exact) mass is 280 g/mol. The third-order valence-electron chi connectivity index (χ3n) is 2.93. The molecule has 0 aliphatic rings. The zero-order valence-electron chi connectivity index (χ0n) is 11.4. The van der Waals surface area contributed by atoms with Gasteiger partial charge in [-0.2, -0.15) is 10.2 Å².